The first-order valence-corrected chi connectivity index (χ1v) is 5.22. The fourth-order valence-electron chi connectivity index (χ4n) is 1.87. The quantitative estimate of drug-likeness (QED) is 0.513. The van der Waals surface area contributed by atoms with Gasteiger partial charge in [0.2, 0.25) is 0 Å². The van der Waals surface area contributed by atoms with Crippen molar-refractivity contribution in [1.82, 2.24) is 4.90 Å². The number of hydrogen-bond acceptors (Lipinski definition) is 6. The molecule has 1 rings (SSSR count). The topological polar surface area (TPSA) is 68.2 Å². The van der Waals surface area contributed by atoms with Gasteiger partial charge in [-0.05, 0) is 6.92 Å². The molecule has 1 saturated heterocycles. The Bertz CT molecular complexity index is 235. The number of carbonyl (C=O) groups excluding carboxylic acids is 1. The van der Waals surface area contributed by atoms with Gasteiger partial charge in [-0.15, -0.1) is 0 Å². The number of esters is 1. The summed E-state index contributed by atoms with van der Waals surface area (Å²) in [4.78, 5) is 13.3. The predicted molar refractivity (Wildman–Crippen MR) is 55.6 cm³/mol. The van der Waals surface area contributed by atoms with E-state index in [1.165, 1.54) is 14.2 Å². The maximum atomic E-state index is 11.5. The van der Waals surface area contributed by atoms with Crippen LogP contribution in [0.1, 0.15) is 13.3 Å². The maximum absolute atomic E-state index is 11.5. The zero-order valence-electron chi connectivity index (χ0n) is 9.88. The smallest absolute Gasteiger partial charge is 0.323 e. The average molecular weight is 233 g/mol. The number of carbonyl (C=O) groups is 1. The molecular weight excluding hydrogens is 214 g/mol. The molecule has 0 amide bonds. The molecule has 1 N–H and O–H groups in total. The highest BCUT2D eigenvalue weighted by molar-refractivity contribution is 5.76. The fraction of sp³-hybridized carbons (Fsp3) is 0.900. The van der Waals surface area contributed by atoms with E-state index in [9.17, 15) is 9.90 Å². The van der Waals surface area contributed by atoms with Crippen LogP contribution in [0.15, 0.2) is 0 Å². The molecule has 0 aromatic heterocycles. The lowest BCUT2D eigenvalue weighted by molar-refractivity contribution is -0.159. The Labute approximate surface area is 95.1 Å². The van der Waals surface area contributed by atoms with E-state index >= 15 is 0 Å². The van der Waals surface area contributed by atoms with Gasteiger partial charge in [0.25, 0.3) is 0 Å². The van der Waals surface area contributed by atoms with E-state index in [0.29, 0.717) is 13.0 Å². The summed E-state index contributed by atoms with van der Waals surface area (Å²) in [6, 6.07) is -0.438. The minimum absolute atomic E-state index is 0.154. The minimum atomic E-state index is -0.516. The van der Waals surface area contributed by atoms with Crippen LogP contribution in [0.4, 0.5) is 0 Å². The van der Waals surface area contributed by atoms with Crippen LogP contribution in [0.25, 0.3) is 0 Å². The van der Waals surface area contributed by atoms with Crippen molar-refractivity contribution < 1.29 is 24.1 Å². The molecule has 0 spiro atoms. The Morgan fingerprint density at radius 2 is 2.25 bits per heavy atom. The lowest BCUT2D eigenvalue weighted by atomic mass is 10.2. The number of β-amino-alcohol motifs (C(OH)–C–C–N with tert-alkyl or cyclic N) is 1. The summed E-state index contributed by atoms with van der Waals surface area (Å²) in [5.41, 5.74) is 0. The van der Waals surface area contributed by atoms with Gasteiger partial charge in [0.15, 0.2) is 0 Å². The van der Waals surface area contributed by atoms with E-state index in [4.69, 9.17) is 9.47 Å². The summed E-state index contributed by atoms with van der Waals surface area (Å²) in [7, 11) is 2.87. The third kappa shape index (κ3) is 3.15. The molecule has 1 aliphatic rings. The fourth-order valence-corrected chi connectivity index (χ4v) is 1.87. The van der Waals surface area contributed by atoms with E-state index < -0.39 is 12.1 Å². The third-order valence-corrected chi connectivity index (χ3v) is 2.68. The SMILES string of the molecule is COCOC(C)N1C[C@@H](O)C[C@H]1C(=O)OC. The summed E-state index contributed by atoms with van der Waals surface area (Å²) in [5.74, 6) is -0.343. The van der Waals surface area contributed by atoms with Crippen molar-refractivity contribution in [3.8, 4) is 0 Å². The zero-order valence-corrected chi connectivity index (χ0v) is 9.88. The van der Waals surface area contributed by atoms with Crippen LogP contribution in [0.3, 0.4) is 0 Å². The molecule has 0 aliphatic carbocycles. The molecule has 0 bridgehead atoms. The van der Waals surface area contributed by atoms with E-state index in [0.717, 1.165) is 0 Å². The zero-order chi connectivity index (χ0) is 12.1. The molecule has 6 heteroatoms. The molecule has 0 aromatic carbocycles. The van der Waals surface area contributed by atoms with Crippen LogP contribution in [0, 0.1) is 0 Å². The third-order valence-electron chi connectivity index (χ3n) is 2.68. The van der Waals surface area contributed by atoms with Crippen molar-refractivity contribution in [1.29, 1.82) is 0 Å². The highest BCUT2D eigenvalue weighted by Gasteiger charge is 2.39. The van der Waals surface area contributed by atoms with Gasteiger partial charge in [-0.25, -0.2) is 0 Å². The van der Waals surface area contributed by atoms with Crippen molar-refractivity contribution in [3.05, 3.63) is 0 Å². The van der Waals surface area contributed by atoms with Crippen LogP contribution < -0.4 is 0 Å². The van der Waals surface area contributed by atoms with E-state index in [1.807, 2.05) is 6.92 Å². The first-order chi connectivity index (χ1) is 7.60. The molecule has 94 valence electrons. The molecule has 0 saturated carbocycles. The molecule has 1 heterocycles. The molecule has 0 aromatic rings. The largest absolute Gasteiger partial charge is 0.468 e. The Morgan fingerprint density at radius 3 is 2.81 bits per heavy atom. The first kappa shape index (κ1) is 13.4. The van der Waals surface area contributed by atoms with Gasteiger partial charge in [0, 0.05) is 20.1 Å². The summed E-state index contributed by atoms with van der Waals surface area (Å²) in [6.45, 7) is 2.37. The number of nitrogens with zero attached hydrogens (tertiary/aromatic N) is 1. The molecule has 3 atom stereocenters. The summed E-state index contributed by atoms with van der Waals surface area (Å²) in [5, 5.41) is 9.55. The van der Waals surface area contributed by atoms with Crippen LogP contribution in [-0.4, -0.2) is 61.9 Å². The van der Waals surface area contributed by atoms with Crippen molar-refractivity contribution >= 4 is 5.97 Å². The van der Waals surface area contributed by atoms with Crippen molar-refractivity contribution in [3.63, 3.8) is 0 Å². The number of rotatable bonds is 5. The van der Waals surface area contributed by atoms with E-state index in [-0.39, 0.29) is 19.0 Å². The van der Waals surface area contributed by atoms with Crippen molar-refractivity contribution in [2.75, 3.05) is 27.6 Å². The van der Waals surface area contributed by atoms with Gasteiger partial charge in [-0.1, -0.05) is 0 Å². The second-order valence-electron chi connectivity index (χ2n) is 3.80. The van der Waals surface area contributed by atoms with Crippen LogP contribution in [-0.2, 0) is 19.0 Å². The highest BCUT2D eigenvalue weighted by Crippen LogP contribution is 2.22. The molecular formula is C10H19NO5. The summed E-state index contributed by atoms with van der Waals surface area (Å²) < 4.78 is 14.8. The van der Waals surface area contributed by atoms with Crippen LogP contribution >= 0.6 is 0 Å². The Hall–Kier alpha value is -0.690. The monoisotopic (exact) mass is 233 g/mol. The second kappa shape index (κ2) is 6.15. The van der Waals surface area contributed by atoms with Crippen LogP contribution in [0.2, 0.25) is 0 Å². The van der Waals surface area contributed by atoms with Gasteiger partial charge in [-0.3, -0.25) is 9.69 Å². The van der Waals surface area contributed by atoms with E-state index in [1.54, 1.807) is 4.90 Å². The first-order valence-electron chi connectivity index (χ1n) is 5.22. The predicted octanol–water partition coefficient (Wildman–Crippen LogP) is -0.439. The lowest BCUT2D eigenvalue weighted by Gasteiger charge is -2.28. The van der Waals surface area contributed by atoms with Gasteiger partial charge in [0.05, 0.1) is 13.2 Å². The highest BCUT2D eigenvalue weighted by atomic mass is 16.7. The normalized spacial score (nSPS) is 28.0. The number of aliphatic hydroxyl groups is 1. The van der Waals surface area contributed by atoms with Crippen molar-refractivity contribution in [2.45, 2.75) is 31.7 Å². The standard InChI is InChI=1S/C10H19NO5/c1-7(16-6-14-2)11-5-8(12)4-9(11)10(13)15-3/h7-9,12H,4-6H2,1-3H3/t7?,8-,9-/m0/s1. The number of methoxy groups -OCH3 is 2. The Kier molecular flexibility index (Phi) is 5.14. The number of aliphatic hydroxyl groups excluding tert-OH is 1. The van der Waals surface area contributed by atoms with Crippen molar-refractivity contribution in [2.24, 2.45) is 0 Å². The molecule has 1 aliphatic heterocycles. The molecule has 1 fully saturated rings. The van der Waals surface area contributed by atoms with Gasteiger partial charge >= 0.3 is 5.97 Å². The summed E-state index contributed by atoms with van der Waals surface area (Å²) >= 11 is 0. The summed E-state index contributed by atoms with van der Waals surface area (Å²) in [6.07, 6.45) is -0.424. The molecule has 0 radical (unpaired) electrons. The van der Waals surface area contributed by atoms with E-state index in [2.05, 4.69) is 4.74 Å². The maximum Gasteiger partial charge on any atom is 0.323 e. The average Bonchev–Trinajstić information content (AvgIpc) is 2.67. The Morgan fingerprint density at radius 1 is 1.56 bits per heavy atom. The lowest BCUT2D eigenvalue weighted by Crippen LogP contribution is -2.44. The Balaban J connectivity index is 2.58. The molecule has 16 heavy (non-hydrogen) atoms. The molecule has 6 nitrogen and oxygen atoms in total. The van der Waals surface area contributed by atoms with Gasteiger partial charge in [0.1, 0.15) is 19.1 Å². The van der Waals surface area contributed by atoms with Gasteiger partial charge < -0.3 is 19.3 Å². The van der Waals surface area contributed by atoms with Gasteiger partial charge in [-0.2, -0.15) is 0 Å². The van der Waals surface area contributed by atoms with Crippen LogP contribution in [0.5, 0.6) is 0 Å². The number of likely N-dealkylation sites (tertiary alicyclic amines) is 1. The number of ether oxygens (including phenoxy) is 3. The molecule has 1 unspecified atom stereocenters. The minimum Gasteiger partial charge on any atom is -0.468 e. The number of hydrogen-bond donors (Lipinski definition) is 1. The second-order valence-corrected chi connectivity index (χ2v) is 3.80.